The summed E-state index contributed by atoms with van der Waals surface area (Å²) in [6.07, 6.45) is 6.07. The first-order valence-corrected chi connectivity index (χ1v) is 8.57. The van der Waals surface area contributed by atoms with Crippen molar-refractivity contribution >= 4 is 11.6 Å². The molecule has 1 saturated heterocycles. The molecule has 0 saturated carbocycles. The Hall–Kier alpha value is -1.32. The molecule has 124 valence electrons. The molecule has 0 spiro atoms. The monoisotopic (exact) mass is 332 g/mol. The molecule has 0 unspecified atom stereocenters. The summed E-state index contributed by atoms with van der Waals surface area (Å²) >= 11 is 6.25. The predicted octanol–water partition coefficient (Wildman–Crippen LogP) is 5.04. The topological polar surface area (TPSA) is 27.1 Å². The van der Waals surface area contributed by atoms with Crippen molar-refractivity contribution in [3.63, 3.8) is 0 Å². The van der Waals surface area contributed by atoms with Crippen LogP contribution < -0.4 is 0 Å². The number of benzene rings is 1. The molecule has 1 aromatic carbocycles. The number of imidazole rings is 1. The van der Waals surface area contributed by atoms with Crippen LogP contribution in [0, 0.1) is 0 Å². The highest BCUT2D eigenvalue weighted by atomic mass is 35.5. The normalized spacial score (nSPS) is 20.6. The Kier molecular flexibility index (Phi) is 4.28. The van der Waals surface area contributed by atoms with Gasteiger partial charge in [-0.15, -0.1) is 0 Å². The number of ether oxygens (including phenoxy) is 1. The first kappa shape index (κ1) is 16.5. The third-order valence-corrected chi connectivity index (χ3v) is 4.78. The van der Waals surface area contributed by atoms with E-state index in [0.29, 0.717) is 5.92 Å². The minimum absolute atomic E-state index is 0.112. The van der Waals surface area contributed by atoms with Crippen molar-refractivity contribution < 1.29 is 4.74 Å². The van der Waals surface area contributed by atoms with E-state index in [-0.39, 0.29) is 11.2 Å². The fraction of sp³-hybridized carbons (Fsp3) is 0.526. The molecule has 0 amide bonds. The van der Waals surface area contributed by atoms with E-state index in [1.807, 2.05) is 24.5 Å². The van der Waals surface area contributed by atoms with E-state index < -0.39 is 0 Å². The summed E-state index contributed by atoms with van der Waals surface area (Å²) in [5, 5.41) is 0.802. The minimum Gasteiger partial charge on any atom is -0.370 e. The second-order valence-electron chi connectivity index (χ2n) is 7.79. The van der Waals surface area contributed by atoms with E-state index in [4.69, 9.17) is 16.3 Å². The van der Waals surface area contributed by atoms with Gasteiger partial charge in [-0.1, -0.05) is 29.8 Å². The maximum Gasteiger partial charge on any atom is 0.0952 e. The Morgan fingerprint density at radius 1 is 1.17 bits per heavy atom. The molecule has 0 aliphatic carbocycles. The van der Waals surface area contributed by atoms with Crippen LogP contribution in [0.2, 0.25) is 5.02 Å². The highest BCUT2D eigenvalue weighted by Crippen LogP contribution is 2.42. The lowest BCUT2D eigenvalue weighted by atomic mass is 9.79. The van der Waals surface area contributed by atoms with E-state index >= 15 is 0 Å². The van der Waals surface area contributed by atoms with Crippen LogP contribution in [0.4, 0.5) is 0 Å². The van der Waals surface area contributed by atoms with Crippen molar-refractivity contribution in [2.24, 2.45) is 0 Å². The van der Waals surface area contributed by atoms with Gasteiger partial charge in [0.25, 0.3) is 0 Å². The van der Waals surface area contributed by atoms with E-state index in [0.717, 1.165) is 35.7 Å². The summed E-state index contributed by atoms with van der Waals surface area (Å²) in [4.78, 5) is 4.66. The van der Waals surface area contributed by atoms with Crippen molar-refractivity contribution in [3.8, 4) is 0 Å². The maximum absolute atomic E-state index is 6.25. The molecule has 1 fully saturated rings. The summed E-state index contributed by atoms with van der Waals surface area (Å²) in [7, 11) is 0. The lowest BCUT2D eigenvalue weighted by Gasteiger charge is -2.45. The van der Waals surface area contributed by atoms with Gasteiger partial charge >= 0.3 is 0 Å². The van der Waals surface area contributed by atoms with Crippen LogP contribution in [-0.2, 0) is 11.3 Å². The fourth-order valence-electron chi connectivity index (χ4n) is 3.80. The molecule has 2 heterocycles. The largest absolute Gasteiger partial charge is 0.370 e. The molecule has 0 atom stereocenters. The summed E-state index contributed by atoms with van der Waals surface area (Å²) in [6.45, 7) is 9.43. The first-order chi connectivity index (χ1) is 10.7. The second-order valence-corrected chi connectivity index (χ2v) is 8.20. The molecule has 0 N–H and O–H groups in total. The summed E-state index contributed by atoms with van der Waals surface area (Å²) in [6, 6.07) is 7.96. The number of hydrogen-bond acceptors (Lipinski definition) is 2. The zero-order valence-electron chi connectivity index (χ0n) is 14.3. The third-order valence-electron chi connectivity index (χ3n) is 4.41. The van der Waals surface area contributed by atoms with Crippen LogP contribution in [0.25, 0.3) is 0 Å². The number of halogens is 1. The Balaban J connectivity index is 1.78. The van der Waals surface area contributed by atoms with E-state index in [1.165, 1.54) is 0 Å². The molecule has 0 bridgehead atoms. The van der Waals surface area contributed by atoms with Crippen molar-refractivity contribution in [3.05, 3.63) is 53.1 Å². The quantitative estimate of drug-likeness (QED) is 0.787. The van der Waals surface area contributed by atoms with Crippen LogP contribution in [0.5, 0.6) is 0 Å². The van der Waals surface area contributed by atoms with E-state index in [2.05, 4.69) is 49.5 Å². The van der Waals surface area contributed by atoms with Gasteiger partial charge in [-0.05, 0) is 52.2 Å². The Morgan fingerprint density at radius 3 is 2.48 bits per heavy atom. The molecule has 1 aromatic heterocycles. The van der Waals surface area contributed by atoms with Crippen molar-refractivity contribution in [2.45, 2.75) is 64.2 Å². The molecule has 4 heteroatoms. The van der Waals surface area contributed by atoms with Gasteiger partial charge in [-0.25, -0.2) is 4.98 Å². The molecule has 1 aliphatic rings. The predicted molar refractivity (Wildman–Crippen MR) is 94.0 cm³/mol. The van der Waals surface area contributed by atoms with E-state index in [9.17, 15) is 0 Å². The van der Waals surface area contributed by atoms with Gasteiger partial charge in [0.15, 0.2) is 0 Å². The Labute approximate surface area is 143 Å². The summed E-state index contributed by atoms with van der Waals surface area (Å²) in [5.41, 5.74) is 2.05. The minimum atomic E-state index is -0.112. The zero-order chi connectivity index (χ0) is 16.7. The van der Waals surface area contributed by atoms with Crippen LogP contribution in [0.15, 0.2) is 36.8 Å². The SMILES string of the molecule is CC1(C)CC(c2cn(Cc3ccccc3Cl)cn2)CC(C)(C)O1. The second kappa shape index (κ2) is 5.95. The highest BCUT2D eigenvalue weighted by molar-refractivity contribution is 6.31. The Morgan fingerprint density at radius 2 is 1.83 bits per heavy atom. The van der Waals surface area contributed by atoms with Crippen LogP contribution in [0.3, 0.4) is 0 Å². The van der Waals surface area contributed by atoms with Crippen LogP contribution in [-0.4, -0.2) is 20.8 Å². The average molecular weight is 333 g/mol. The van der Waals surface area contributed by atoms with Gasteiger partial charge in [0.05, 0.1) is 23.2 Å². The summed E-state index contributed by atoms with van der Waals surface area (Å²) < 4.78 is 8.30. The smallest absolute Gasteiger partial charge is 0.0952 e. The van der Waals surface area contributed by atoms with Gasteiger partial charge in [0, 0.05) is 23.7 Å². The maximum atomic E-state index is 6.25. The van der Waals surface area contributed by atoms with Gasteiger partial charge in [-0.3, -0.25) is 0 Å². The third kappa shape index (κ3) is 3.96. The van der Waals surface area contributed by atoms with Crippen molar-refractivity contribution in [2.75, 3.05) is 0 Å². The van der Waals surface area contributed by atoms with Crippen molar-refractivity contribution in [1.82, 2.24) is 9.55 Å². The highest BCUT2D eigenvalue weighted by Gasteiger charge is 2.40. The van der Waals surface area contributed by atoms with E-state index in [1.54, 1.807) is 0 Å². The van der Waals surface area contributed by atoms with Crippen LogP contribution in [0.1, 0.15) is 57.7 Å². The number of aromatic nitrogens is 2. The molecule has 1 aliphatic heterocycles. The average Bonchev–Trinajstić information content (AvgIpc) is 2.86. The standard InChI is InChI=1S/C19H25ClN2O/c1-18(2)9-15(10-19(3,4)23-18)17-12-22(13-21-17)11-14-7-5-6-8-16(14)20/h5-8,12-13,15H,9-11H2,1-4H3. The Bertz CT molecular complexity index is 674. The number of hydrogen-bond donors (Lipinski definition) is 0. The molecule has 2 aromatic rings. The van der Waals surface area contributed by atoms with Gasteiger partial charge in [0.1, 0.15) is 0 Å². The zero-order valence-corrected chi connectivity index (χ0v) is 15.1. The van der Waals surface area contributed by atoms with Gasteiger partial charge < -0.3 is 9.30 Å². The lowest BCUT2D eigenvalue weighted by Crippen LogP contribution is -2.44. The van der Waals surface area contributed by atoms with Crippen LogP contribution >= 0.6 is 11.6 Å². The first-order valence-electron chi connectivity index (χ1n) is 8.19. The summed E-state index contributed by atoms with van der Waals surface area (Å²) in [5.74, 6) is 0.432. The van der Waals surface area contributed by atoms with Crippen molar-refractivity contribution in [1.29, 1.82) is 0 Å². The molecule has 23 heavy (non-hydrogen) atoms. The molecule has 3 nitrogen and oxygen atoms in total. The molecule has 0 radical (unpaired) electrons. The fourth-order valence-corrected chi connectivity index (χ4v) is 3.99. The number of rotatable bonds is 3. The molecular formula is C19H25ClN2O. The van der Waals surface area contributed by atoms with Gasteiger partial charge in [0.2, 0.25) is 0 Å². The lowest BCUT2D eigenvalue weighted by molar-refractivity contribution is -0.162. The molecular weight excluding hydrogens is 308 g/mol. The van der Waals surface area contributed by atoms with Gasteiger partial charge in [-0.2, -0.15) is 0 Å². The molecule has 3 rings (SSSR count). The number of nitrogens with zero attached hydrogens (tertiary/aromatic N) is 2.